The molecule has 0 saturated carbocycles. The topological polar surface area (TPSA) is 71.0 Å². The normalized spacial score (nSPS) is 13.4. The number of carbonyl (C=O) groups excluding carboxylic acids is 1. The summed E-state index contributed by atoms with van der Waals surface area (Å²) in [5, 5.41) is 6.27. The van der Waals surface area contributed by atoms with E-state index in [1.54, 1.807) is 29.4 Å². The maximum absolute atomic E-state index is 11.5. The van der Waals surface area contributed by atoms with Crippen LogP contribution in [0.2, 0.25) is 0 Å². The van der Waals surface area contributed by atoms with Crippen LogP contribution in [-0.4, -0.2) is 25.8 Å². The van der Waals surface area contributed by atoms with E-state index in [4.69, 9.17) is 0 Å². The molecule has 0 aliphatic carbocycles. The molecule has 0 fully saturated rings. The Balaban J connectivity index is 1.83. The summed E-state index contributed by atoms with van der Waals surface area (Å²) in [7, 11) is 0. The van der Waals surface area contributed by atoms with Crippen LogP contribution in [0.4, 0.5) is 5.82 Å². The lowest BCUT2D eigenvalue weighted by Crippen LogP contribution is -2.22. The van der Waals surface area contributed by atoms with Gasteiger partial charge in [0.25, 0.3) is 0 Å². The van der Waals surface area contributed by atoms with E-state index in [0.717, 1.165) is 27.9 Å². The number of thiazole rings is 1. The number of nitrogens with zero attached hydrogens (tertiary/aromatic N) is 4. The third kappa shape index (κ3) is 2.49. The number of hydrogen-bond acceptors (Lipinski definition) is 6. The van der Waals surface area contributed by atoms with Gasteiger partial charge in [-0.25, -0.2) is 15.0 Å². The highest BCUT2D eigenvalue weighted by Crippen LogP contribution is 2.27. The third-order valence-corrected chi connectivity index (χ3v) is 4.01. The van der Waals surface area contributed by atoms with Gasteiger partial charge in [-0.3, -0.25) is 4.79 Å². The van der Waals surface area contributed by atoms with Crippen LogP contribution in [0.1, 0.15) is 29.0 Å². The van der Waals surface area contributed by atoms with E-state index in [1.807, 2.05) is 12.3 Å². The number of aryl methyl sites for hydroxylation is 1. The first-order valence-corrected chi connectivity index (χ1v) is 7.25. The van der Waals surface area contributed by atoms with Gasteiger partial charge in [0.05, 0.1) is 25.3 Å². The zero-order chi connectivity index (χ0) is 14.1. The molecule has 104 valence electrons. The number of carbonyl (C=O) groups is 1. The van der Waals surface area contributed by atoms with Gasteiger partial charge in [-0.05, 0) is 6.92 Å². The first-order chi connectivity index (χ1) is 9.63. The van der Waals surface area contributed by atoms with Crippen LogP contribution >= 0.6 is 11.3 Å². The highest BCUT2D eigenvalue weighted by atomic mass is 32.1. The van der Waals surface area contributed by atoms with Crippen LogP contribution in [0.3, 0.4) is 0 Å². The Morgan fingerprint density at radius 2 is 2.30 bits per heavy atom. The van der Waals surface area contributed by atoms with Gasteiger partial charge in [0.2, 0.25) is 5.91 Å². The Morgan fingerprint density at radius 3 is 3.00 bits per heavy atom. The van der Waals surface area contributed by atoms with Crippen molar-refractivity contribution in [3.05, 3.63) is 33.7 Å². The number of nitrogens with one attached hydrogen (secondary N) is 1. The van der Waals surface area contributed by atoms with E-state index in [2.05, 4.69) is 20.3 Å². The van der Waals surface area contributed by atoms with Crippen LogP contribution in [-0.2, 0) is 24.4 Å². The summed E-state index contributed by atoms with van der Waals surface area (Å²) in [5.41, 5.74) is 1.96. The molecule has 6 nitrogen and oxygen atoms in total. The van der Waals surface area contributed by atoms with Crippen molar-refractivity contribution in [3.8, 4) is 0 Å². The maximum atomic E-state index is 11.5. The third-order valence-electron chi connectivity index (χ3n) is 3.23. The molecule has 0 unspecified atom stereocenters. The Labute approximate surface area is 120 Å². The molecular weight excluding hydrogens is 274 g/mol. The predicted octanol–water partition coefficient (Wildman–Crippen LogP) is 1.72. The predicted molar refractivity (Wildman–Crippen MR) is 76.1 cm³/mol. The molecule has 0 bridgehead atoms. The molecule has 3 heterocycles. The van der Waals surface area contributed by atoms with Crippen molar-refractivity contribution >= 4 is 23.1 Å². The molecule has 1 aliphatic heterocycles. The standard InChI is InChI=1S/C13H15N5OS/c1-8-16-11-7-18(9(2)19)6-10(11)13(17-8)15-5-12-14-3-4-20-12/h3-4H,5-7H2,1-2H3,(H,15,16,17). The Kier molecular flexibility index (Phi) is 3.35. The fourth-order valence-electron chi connectivity index (χ4n) is 2.25. The van der Waals surface area contributed by atoms with Crippen molar-refractivity contribution in [3.63, 3.8) is 0 Å². The SMILES string of the molecule is CC(=O)N1Cc2nc(C)nc(NCc3nccs3)c2C1. The van der Waals surface area contributed by atoms with Crippen molar-refractivity contribution in [2.45, 2.75) is 33.5 Å². The average Bonchev–Trinajstić information content (AvgIpc) is 3.04. The number of aromatic nitrogens is 3. The first-order valence-electron chi connectivity index (χ1n) is 6.37. The molecule has 0 saturated heterocycles. The molecule has 2 aromatic rings. The lowest BCUT2D eigenvalue weighted by molar-refractivity contribution is -0.129. The number of anilines is 1. The van der Waals surface area contributed by atoms with Gasteiger partial charge in [-0.2, -0.15) is 0 Å². The largest absolute Gasteiger partial charge is 0.363 e. The molecule has 7 heteroatoms. The summed E-state index contributed by atoms with van der Waals surface area (Å²) < 4.78 is 0. The quantitative estimate of drug-likeness (QED) is 0.931. The molecule has 0 atom stereocenters. The van der Waals surface area contributed by atoms with Gasteiger partial charge in [0.1, 0.15) is 16.6 Å². The molecule has 1 aliphatic rings. The average molecular weight is 289 g/mol. The molecule has 20 heavy (non-hydrogen) atoms. The van der Waals surface area contributed by atoms with Gasteiger partial charge in [-0.15, -0.1) is 11.3 Å². The lowest BCUT2D eigenvalue weighted by Gasteiger charge is -2.11. The minimum Gasteiger partial charge on any atom is -0.363 e. The molecule has 0 spiro atoms. The van der Waals surface area contributed by atoms with Crippen molar-refractivity contribution in [2.75, 3.05) is 5.32 Å². The number of fused-ring (bicyclic) bond motifs is 1. The molecule has 1 amide bonds. The zero-order valence-corrected chi connectivity index (χ0v) is 12.2. The van der Waals surface area contributed by atoms with E-state index in [0.29, 0.717) is 19.6 Å². The maximum Gasteiger partial charge on any atom is 0.220 e. The summed E-state index contributed by atoms with van der Waals surface area (Å²) in [6.07, 6.45) is 1.79. The second-order valence-electron chi connectivity index (χ2n) is 4.70. The Hall–Kier alpha value is -2.02. The van der Waals surface area contributed by atoms with Crippen molar-refractivity contribution in [2.24, 2.45) is 0 Å². The fraction of sp³-hybridized carbons (Fsp3) is 0.385. The molecule has 2 aromatic heterocycles. The van der Waals surface area contributed by atoms with Gasteiger partial charge < -0.3 is 10.2 Å². The van der Waals surface area contributed by atoms with Crippen LogP contribution < -0.4 is 5.32 Å². The fourth-order valence-corrected chi connectivity index (χ4v) is 2.80. The molecular formula is C13H15N5OS. The number of amides is 1. The van der Waals surface area contributed by atoms with Crippen LogP contribution in [0, 0.1) is 6.92 Å². The van der Waals surface area contributed by atoms with Crippen LogP contribution in [0.5, 0.6) is 0 Å². The molecule has 0 radical (unpaired) electrons. The smallest absolute Gasteiger partial charge is 0.220 e. The van der Waals surface area contributed by atoms with Crippen molar-refractivity contribution in [1.29, 1.82) is 0 Å². The van der Waals surface area contributed by atoms with Gasteiger partial charge in [-0.1, -0.05) is 0 Å². The summed E-state index contributed by atoms with van der Waals surface area (Å²) in [6, 6.07) is 0. The van der Waals surface area contributed by atoms with Gasteiger partial charge in [0.15, 0.2) is 0 Å². The zero-order valence-electron chi connectivity index (χ0n) is 11.4. The Morgan fingerprint density at radius 1 is 1.45 bits per heavy atom. The second kappa shape index (κ2) is 5.16. The molecule has 3 rings (SSSR count). The summed E-state index contributed by atoms with van der Waals surface area (Å²) >= 11 is 1.60. The Bertz CT molecular complexity index is 640. The summed E-state index contributed by atoms with van der Waals surface area (Å²) in [5.74, 6) is 1.59. The van der Waals surface area contributed by atoms with E-state index >= 15 is 0 Å². The lowest BCUT2D eigenvalue weighted by atomic mass is 10.2. The second-order valence-corrected chi connectivity index (χ2v) is 5.68. The number of hydrogen-bond donors (Lipinski definition) is 1. The molecule has 1 N–H and O–H groups in total. The van der Waals surface area contributed by atoms with Crippen molar-refractivity contribution in [1.82, 2.24) is 19.9 Å². The van der Waals surface area contributed by atoms with Crippen LogP contribution in [0.25, 0.3) is 0 Å². The van der Waals surface area contributed by atoms with Gasteiger partial charge >= 0.3 is 0 Å². The highest BCUT2D eigenvalue weighted by molar-refractivity contribution is 7.09. The van der Waals surface area contributed by atoms with Gasteiger partial charge in [0, 0.05) is 24.1 Å². The van der Waals surface area contributed by atoms with E-state index in [1.165, 1.54) is 0 Å². The van der Waals surface area contributed by atoms with Crippen molar-refractivity contribution < 1.29 is 4.79 Å². The molecule has 0 aromatic carbocycles. The van der Waals surface area contributed by atoms with E-state index < -0.39 is 0 Å². The summed E-state index contributed by atoms with van der Waals surface area (Å²) in [4.78, 5) is 26.4. The minimum absolute atomic E-state index is 0.0616. The minimum atomic E-state index is 0.0616. The van der Waals surface area contributed by atoms with E-state index in [9.17, 15) is 4.79 Å². The monoisotopic (exact) mass is 289 g/mol. The summed E-state index contributed by atoms with van der Waals surface area (Å²) in [6.45, 7) is 5.23. The highest BCUT2D eigenvalue weighted by Gasteiger charge is 2.26. The van der Waals surface area contributed by atoms with Crippen LogP contribution in [0.15, 0.2) is 11.6 Å². The number of rotatable bonds is 3. The van der Waals surface area contributed by atoms with E-state index in [-0.39, 0.29) is 5.91 Å². The first kappa shape index (κ1) is 13.0.